The Morgan fingerprint density at radius 1 is 1.43 bits per heavy atom. The summed E-state index contributed by atoms with van der Waals surface area (Å²) in [5.74, 6) is 0.998. The van der Waals surface area contributed by atoms with Gasteiger partial charge in [-0.2, -0.15) is 0 Å². The first-order valence-electron chi connectivity index (χ1n) is 5.76. The Hall–Kier alpha value is -0.120. The molecule has 0 amide bonds. The van der Waals surface area contributed by atoms with E-state index in [1.165, 1.54) is 25.8 Å². The van der Waals surface area contributed by atoms with Crippen LogP contribution >= 0.6 is 0 Å². The summed E-state index contributed by atoms with van der Waals surface area (Å²) in [7, 11) is 0. The van der Waals surface area contributed by atoms with Crippen LogP contribution in [0.5, 0.6) is 0 Å². The molecule has 0 aromatic heterocycles. The van der Waals surface area contributed by atoms with Gasteiger partial charge >= 0.3 is 0 Å². The molecule has 1 heterocycles. The van der Waals surface area contributed by atoms with E-state index in [0.29, 0.717) is 6.04 Å². The lowest BCUT2D eigenvalue weighted by Crippen LogP contribution is -2.49. The fourth-order valence-electron chi connectivity index (χ4n) is 2.05. The predicted octanol–water partition coefficient (Wildman–Crippen LogP) is 0.868. The summed E-state index contributed by atoms with van der Waals surface area (Å²) in [5.41, 5.74) is 0. The standard InChI is InChI=1S/C11H21NO2/c1-9-8-14-11(7-13)6-12(9)5-4-10-2-3-10/h9-11,13H,2-8H2,1H3. The predicted molar refractivity (Wildman–Crippen MR) is 55.2 cm³/mol. The first-order valence-corrected chi connectivity index (χ1v) is 5.76. The Balaban J connectivity index is 1.74. The molecular weight excluding hydrogens is 178 g/mol. The van der Waals surface area contributed by atoms with E-state index in [1.54, 1.807) is 0 Å². The van der Waals surface area contributed by atoms with Crippen molar-refractivity contribution >= 4 is 0 Å². The second-order valence-corrected chi connectivity index (χ2v) is 4.71. The molecule has 1 aliphatic carbocycles. The molecule has 3 heteroatoms. The zero-order chi connectivity index (χ0) is 9.97. The van der Waals surface area contributed by atoms with Gasteiger partial charge in [0.05, 0.1) is 19.3 Å². The van der Waals surface area contributed by atoms with Gasteiger partial charge in [0.15, 0.2) is 0 Å². The van der Waals surface area contributed by atoms with Gasteiger partial charge in [0.1, 0.15) is 0 Å². The van der Waals surface area contributed by atoms with E-state index in [1.807, 2.05) is 0 Å². The van der Waals surface area contributed by atoms with Crippen molar-refractivity contribution in [2.45, 2.75) is 38.3 Å². The lowest BCUT2D eigenvalue weighted by molar-refractivity contribution is -0.0781. The first kappa shape index (κ1) is 10.4. The molecule has 1 aliphatic heterocycles. The van der Waals surface area contributed by atoms with E-state index >= 15 is 0 Å². The summed E-state index contributed by atoms with van der Waals surface area (Å²) < 4.78 is 5.50. The van der Waals surface area contributed by atoms with Crippen molar-refractivity contribution in [3.05, 3.63) is 0 Å². The Kier molecular flexibility index (Phi) is 3.42. The number of aliphatic hydroxyl groups is 1. The van der Waals surface area contributed by atoms with Crippen LogP contribution in [-0.2, 0) is 4.74 Å². The molecule has 0 aromatic carbocycles. The summed E-state index contributed by atoms with van der Waals surface area (Å²) in [6.07, 6.45) is 4.25. The van der Waals surface area contributed by atoms with Crippen LogP contribution in [0.15, 0.2) is 0 Å². The smallest absolute Gasteiger partial charge is 0.0933 e. The van der Waals surface area contributed by atoms with Crippen LogP contribution < -0.4 is 0 Å². The normalized spacial score (nSPS) is 34.7. The summed E-state index contributed by atoms with van der Waals surface area (Å²) in [6.45, 7) is 5.24. The lowest BCUT2D eigenvalue weighted by Gasteiger charge is -2.37. The van der Waals surface area contributed by atoms with E-state index in [0.717, 1.165) is 19.1 Å². The van der Waals surface area contributed by atoms with Crippen LogP contribution in [0.1, 0.15) is 26.2 Å². The van der Waals surface area contributed by atoms with Crippen molar-refractivity contribution in [2.75, 3.05) is 26.3 Å². The molecule has 2 aliphatic rings. The molecule has 2 unspecified atom stereocenters. The summed E-state index contributed by atoms with van der Waals surface area (Å²) in [4.78, 5) is 2.46. The van der Waals surface area contributed by atoms with Crippen molar-refractivity contribution in [1.29, 1.82) is 0 Å². The molecule has 2 atom stereocenters. The van der Waals surface area contributed by atoms with Gasteiger partial charge < -0.3 is 9.84 Å². The van der Waals surface area contributed by atoms with Gasteiger partial charge in [-0.05, 0) is 25.8 Å². The minimum absolute atomic E-state index is 0.0467. The molecule has 3 nitrogen and oxygen atoms in total. The molecular formula is C11H21NO2. The quantitative estimate of drug-likeness (QED) is 0.729. The van der Waals surface area contributed by atoms with Crippen LogP contribution in [0.2, 0.25) is 0 Å². The van der Waals surface area contributed by atoms with Crippen molar-refractivity contribution in [2.24, 2.45) is 5.92 Å². The zero-order valence-corrected chi connectivity index (χ0v) is 8.98. The number of nitrogens with zero attached hydrogens (tertiary/aromatic N) is 1. The summed E-state index contributed by atoms with van der Waals surface area (Å²) in [6, 6.07) is 0.525. The van der Waals surface area contributed by atoms with E-state index in [9.17, 15) is 0 Å². The van der Waals surface area contributed by atoms with Crippen molar-refractivity contribution in [3.63, 3.8) is 0 Å². The molecule has 0 spiro atoms. The van der Waals surface area contributed by atoms with Gasteiger partial charge in [0.2, 0.25) is 0 Å². The monoisotopic (exact) mass is 199 g/mol. The van der Waals surface area contributed by atoms with Crippen LogP contribution in [0.25, 0.3) is 0 Å². The largest absolute Gasteiger partial charge is 0.394 e. The molecule has 82 valence electrons. The number of rotatable bonds is 4. The molecule has 0 radical (unpaired) electrons. The number of aliphatic hydroxyl groups excluding tert-OH is 1. The highest BCUT2D eigenvalue weighted by Gasteiger charge is 2.28. The minimum atomic E-state index is 0.0467. The van der Waals surface area contributed by atoms with Gasteiger partial charge in [-0.3, -0.25) is 4.90 Å². The minimum Gasteiger partial charge on any atom is -0.394 e. The van der Waals surface area contributed by atoms with Gasteiger partial charge in [0.25, 0.3) is 0 Å². The average molecular weight is 199 g/mol. The van der Waals surface area contributed by atoms with Crippen LogP contribution in [-0.4, -0.2) is 48.5 Å². The molecule has 1 N–H and O–H groups in total. The second-order valence-electron chi connectivity index (χ2n) is 4.71. The molecule has 1 saturated carbocycles. The SMILES string of the molecule is CC1COC(CO)CN1CCC1CC1. The Morgan fingerprint density at radius 3 is 2.86 bits per heavy atom. The molecule has 2 rings (SSSR count). The van der Waals surface area contributed by atoms with E-state index in [2.05, 4.69) is 11.8 Å². The third-order valence-corrected chi connectivity index (χ3v) is 3.36. The number of hydrogen-bond donors (Lipinski definition) is 1. The maximum Gasteiger partial charge on any atom is 0.0933 e. The third kappa shape index (κ3) is 2.69. The number of ether oxygens (including phenoxy) is 1. The van der Waals surface area contributed by atoms with Crippen LogP contribution in [0, 0.1) is 5.92 Å². The van der Waals surface area contributed by atoms with Gasteiger partial charge in [-0.25, -0.2) is 0 Å². The van der Waals surface area contributed by atoms with Gasteiger partial charge in [0, 0.05) is 12.6 Å². The van der Waals surface area contributed by atoms with Crippen molar-refractivity contribution in [1.82, 2.24) is 4.90 Å². The van der Waals surface area contributed by atoms with Crippen molar-refractivity contribution in [3.8, 4) is 0 Å². The maximum absolute atomic E-state index is 9.03. The third-order valence-electron chi connectivity index (χ3n) is 3.36. The molecule has 14 heavy (non-hydrogen) atoms. The molecule has 0 bridgehead atoms. The maximum atomic E-state index is 9.03. The fourth-order valence-corrected chi connectivity index (χ4v) is 2.05. The Morgan fingerprint density at radius 2 is 2.21 bits per heavy atom. The second kappa shape index (κ2) is 4.60. The Bertz CT molecular complexity index is 182. The summed E-state index contributed by atoms with van der Waals surface area (Å²) in [5, 5.41) is 9.03. The number of morpholine rings is 1. The fraction of sp³-hybridized carbons (Fsp3) is 1.00. The van der Waals surface area contributed by atoms with E-state index in [-0.39, 0.29) is 12.7 Å². The number of hydrogen-bond acceptors (Lipinski definition) is 3. The highest BCUT2D eigenvalue weighted by molar-refractivity contribution is 4.80. The van der Waals surface area contributed by atoms with E-state index in [4.69, 9.17) is 9.84 Å². The Labute approximate surface area is 86.0 Å². The average Bonchev–Trinajstić information content (AvgIpc) is 3.00. The highest BCUT2D eigenvalue weighted by atomic mass is 16.5. The van der Waals surface area contributed by atoms with Crippen LogP contribution in [0.3, 0.4) is 0 Å². The summed E-state index contributed by atoms with van der Waals surface area (Å²) >= 11 is 0. The van der Waals surface area contributed by atoms with Gasteiger partial charge in [-0.15, -0.1) is 0 Å². The highest BCUT2D eigenvalue weighted by Crippen LogP contribution is 2.32. The van der Waals surface area contributed by atoms with E-state index < -0.39 is 0 Å². The first-order chi connectivity index (χ1) is 6.79. The van der Waals surface area contributed by atoms with Gasteiger partial charge in [-0.1, -0.05) is 12.8 Å². The molecule has 1 saturated heterocycles. The molecule has 0 aromatic rings. The van der Waals surface area contributed by atoms with Crippen LogP contribution in [0.4, 0.5) is 0 Å². The van der Waals surface area contributed by atoms with Crippen molar-refractivity contribution < 1.29 is 9.84 Å². The topological polar surface area (TPSA) is 32.7 Å². The lowest BCUT2D eigenvalue weighted by atomic mass is 10.1. The molecule has 2 fully saturated rings. The zero-order valence-electron chi connectivity index (χ0n) is 8.98.